The molecule has 0 spiro atoms. The lowest BCUT2D eigenvalue weighted by molar-refractivity contribution is -0.143. The summed E-state index contributed by atoms with van der Waals surface area (Å²) in [5.41, 5.74) is -4.09. The molecule has 3 heterocycles. The van der Waals surface area contributed by atoms with Crippen molar-refractivity contribution in [1.82, 2.24) is 14.9 Å². The third-order valence-corrected chi connectivity index (χ3v) is 8.03. The monoisotopic (exact) mass is 713 g/mol. The first-order chi connectivity index (χ1) is 23.2. The Balaban J connectivity index is 1.59. The number of carboxylic acid groups (broad SMARTS) is 1. The van der Waals surface area contributed by atoms with Crippen LogP contribution in [-0.2, 0) is 29.8 Å². The quantitative estimate of drug-likeness (QED) is 0.191. The molecular weight excluding hydrogens is 689 g/mol. The standard InChI is InChI=1S/C33H24F9N3O5/c1-15-8-17(29(46)47)4-5-22(15)19-11-24(28(49-3)43-13-19)23-6-7-26(33(40,41)42)44-25(23)14-45-16(2)27(50-30(45)48)18-9-20(31(34,35)36)12-21(10-18)32(37,38)39/h4-13,16,27H,14H2,1-3H3,(H,46,47)/t16-,27-/m0/s1. The lowest BCUT2D eigenvalue weighted by Crippen LogP contribution is -2.32. The van der Waals surface area contributed by atoms with Gasteiger partial charge in [0.1, 0.15) is 11.8 Å². The molecule has 0 saturated carbocycles. The van der Waals surface area contributed by atoms with Gasteiger partial charge in [0.15, 0.2) is 0 Å². The average Bonchev–Trinajstić information content (AvgIpc) is 3.31. The van der Waals surface area contributed by atoms with Crippen molar-refractivity contribution in [3.8, 4) is 28.1 Å². The van der Waals surface area contributed by atoms with Crippen molar-refractivity contribution >= 4 is 12.1 Å². The minimum atomic E-state index is -5.18. The number of aromatic carboxylic acids is 1. The summed E-state index contributed by atoms with van der Waals surface area (Å²) < 4.78 is 133. The second-order valence-corrected chi connectivity index (χ2v) is 11.3. The first-order valence-corrected chi connectivity index (χ1v) is 14.4. The molecule has 0 unspecified atom stereocenters. The molecule has 1 aliphatic heterocycles. The molecule has 1 aliphatic rings. The highest BCUT2D eigenvalue weighted by Crippen LogP contribution is 2.43. The van der Waals surface area contributed by atoms with Crippen molar-refractivity contribution in [3.63, 3.8) is 0 Å². The number of carboxylic acids is 1. The van der Waals surface area contributed by atoms with E-state index in [0.717, 1.165) is 11.0 Å². The van der Waals surface area contributed by atoms with Crippen LogP contribution in [0.1, 0.15) is 57.0 Å². The number of carbonyl (C=O) groups is 2. The molecule has 50 heavy (non-hydrogen) atoms. The van der Waals surface area contributed by atoms with Crippen molar-refractivity contribution in [2.45, 2.75) is 51.1 Å². The Labute approximate surface area is 277 Å². The fourth-order valence-corrected chi connectivity index (χ4v) is 5.56. The number of halogens is 9. The normalized spacial score (nSPS) is 16.8. The maximum Gasteiger partial charge on any atom is 0.433 e. The third-order valence-electron chi connectivity index (χ3n) is 8.03. The average molecular weight is 714 g/mol. The van der Waals surface area contributed by atoms with Gasteiger partial charge in [0.05, 0.1) is 42.1 Å². The summed E-state index contributed by atoms with van der Waals surface area (Å²) in [5.74, 6) is -1.24. The second-order valence-electron chi connectivity index (χ2n) is 11.3. The number of aromatic nitrogens is 2. The van der Waals surface area contributed by atoms with E-state index in [1.54, 1.807) is 6.92 Å². The molecule has 2 aromatic carbocycles. The molecule has 0 bridgehead atoms. The van der Waals surface area contributed by atoms with E-state index in [0.29, 0.717) is 34.9 Å². The molecule has 1 saturated heterocycles. The highest BCUT2D eigenvalue weighted by molar-refractivity contribution is 5.89. The molecule has 2 aromatic heterocycles. The van der Waals surface area contributed by atoms with Gasteiger partial charge in [0.25, 0.3) is 0 Å². The second kappa shape index (κ2) is 12.8. The Morgan fingerprint density at radius 2 is 1.50 bits per heavy atom. The molecule has 0 radical (unpaired) electrons. The highest BCUT2D eigenvalue weighted by atomic mass is 19.4. The highest BCUT2D eigenvalue weighted by Gasteiger charge is 2.44. The number of pyridine rings is 2. The Morgan fingerprint density at radius 3 is 2.04 bits per heavy atom. The number of nitrogens with zero attached hydrogens (tertiary/aromatic N) is 3. The van der Waals surface area contributed by atoms with Gasteiger partial charge in [-0.2, -0.15) is 39.5 Å². The van der Waals surface area contributed by atoms with Crippen molar-refractivity contribution < 1.29 is 63.7 Å². The van der Waals surface area contributed by atoms with Crippen LogP contribution in [0, 0.1) is 6.92 Å². The summed E-state index contributed by atoms with van der Waals surface area (Å²) in [7, 11) is 1.24. The number of alkyl halides is 9. The van der Waals surface area contributed by atoms with Crippen LogP contribution in [0.25, 0.3) is 22.3 Å². The lowest BCUT2D eigenvalue weighted by atomic mass is 9.95. The number of cyclic esters (lactones) is 1. The van der Waals surface area contributed by atoms with Gasteiger partial charge in [-0.05, 0) is 73.0 Å². The molecule has 17 heteroatoms. The predicted molar refractivity (Wildman–Crippen MR) is 157 cm³/mol. The van der Waals surface area contributed by atoms with E-state index in [1.807, 2.05) is 0 Å². The fourth-order valence-electron chi connectivity index (χ4n) is 5.56. The van der Waals surface area contributed by atoms with Crippen molar-refractivity contribution in [1.29, 1.82) is 0 Å². The predicted octanol–water partition coefficient (Wildman–Crippen LogP) is 8.96. The molecule has 4 aromatic rings. The van der Waals surface area contributed by atoms with Crippen molar-refractivity contribution in [3.05, 3.63) is 100.0 Å². The lowest BCUT2D eigenvalue weighted by Gasteiger charge is -2.23. The molecule has 2 atom stereocenters. The molecule has 1 amide bonds. The number of ether oxygens (including phenoxy) is 2. The van der Waals surface area contributed by atoms with Gasteiger partial charge in [0, 0.05) is 22.9 Å². The summed E-state index contributed by atoms with van der Waals surface area (Å²) >= 11 is 0. The zero-order valence-electron chi connectivity index (χ0n) is 26.0. The minimum Gasteiger partial charge on any atom is -0.481 e. The number of hydrogen-bond acceptors (Lipinski definition) is 6. The van der Waals surface area contributed by atoms with Gasteiger partial charge in [0.2, 0.25) is 5.88 Å². The fraction of sp³-hybridized carbons (Fsp3) is 0.273. The topological polar surface area (TPSA) is 102 Å². The first kappa shape index (κ1) is 35.9. The van der Waals surface area contributed by atoms with E-state index in [1.165, 1.54) is 44.5 Å². The SMILES string of the molecule is COc1ncc(-c2ccc(C(=O)O)cc2C)cc1-c1ccc(C(F)(F)F)nc1CN1C(=O)O[C@H](c2cc(C(F)(F)F)cc(C(F)(F)F)c2)[C@@H]1C. The van der Waals surface area contributed by atoms with Crippen LogP contribution in [0.15, 0.2) is 60.8 Å². The van der Waals surface area contributed by atoms with Crippen LogP contribution < -0.4 is 4.74 Å². The molecular formula is C33H24F9N3O5. The van der Waals surface area contributed by atoms with Crippen LogP contribution in [0.2, 0.25) is 0 Å². The molecule has 5 rings (SSSR count). The zero-order chi connectivity index (χ0) is 36.9. The van der Waals surface area contributed by atoms with Crippen LogP contribution in [-0.4, -0.2) is 45.2 Å². The number of hydrogen-bond donors (Lipinski definition) is 1. The van der Waals surface area contributed by atoms with Crippen LogP contribution in [0.3, 0.4) is 0 Å². The van der Waals surface area contributed by atoms with Crippen molar-refractivity contribution in [2.24, 2.45) is 0 Å². The van der Waals surface area contributed by atoms with E-state index in [4.69, 9.17) is 9.47 Å². The zero-order valence-corrected chi connectivity index (χ0v) is 26.0. The molecule has 8 nitrogen and oxygen atoms in total. The Kier molecular flexibility index (Phi) is 9.23. The van der Waals surface area contributed by atoms with E-state index in [9.17, 15) is 54.2 Å². The number of benzene rings is 2. The van der Waals surface area contributed by atoms with Gasteiger partial charge in [-0.15, -0.1) is 0 Å². The summed E-state index contributed by atoms with van der Waals surface area (Å²) in [4.78, 5) is 33.3. The number of aryl methyl sites for hydroxylation is 1. The Morgan fingerprint density at radius 1 is 0.880 bits per heavy atom. The van der Waals surface area contributed by atoms with E-state index in [-0.39, 0.29) is 34.3 Å². The molecule has 1 fully saturated rings. The Hall–Kier alpha value is -5.35. The third kappa shape index (κ3) is 7.16. The number of carbonyl (C=O) groups excluding carboxylic acids is 1. The number of methoxy groups -OCH3 is 1. The minimum absolute atomic E-state index is 0.00635. The van der Waals surface area contributed by atoms with Gasteiger partial charge in [-0.1, -0.05) is 12.1 Å². The largest absolute Gasteiger partial charge is 0.481 e. The summed E-state index contributed by atoms with van der Waals surface area (Å²) in [6, 6.07) is 6.95. The van der Waals surface area contributed by atoms with Gasteiger partial charge >= 0.3 is 30.6 Å². The van der Waals surface area contributed by atoms with Gasteiger partial charge in [-0.3, -0.25) is 4.90 Å². The number of rotatable bonds is 7. The summed E-state index contributed by atoms with van der Waals surface area (Å²) in [6.07, 6.45) is -16.8. The molecule has 0 aliphatic carbocycles. The van der Waals surface area contributed by atoms with E-state index < -0.39 is 71.7 Å². The van der Waals surface area contributed by atoms with Crippen molar-refractivity contribution in [2.75, 3.05) is 7.11 Å². The summed E-state index contributed by atoms with van der Waals surface area (Å²) in [6.45, 7) is 2.17. The van der Waals surface area contributed by atoms with Crippen LogP contribution in [0.5, 0.6) is 5.88 Å². The van der Waals surface area contributed by atoms with E-state index >= 15 is 0 Å². The maximum absolute atomic E-state index is 13.9. The van der Waals surface area contributed by atoms with Gasteiger partial charge in [-0.25, -0.2) is 19.6 Å². The summed E-state index contributed by atoms with van der Waals surface area (Å²) in [5, 5.41) is 9.32. The molecule has 1 N–H and O–H groups in total. The Bertz CT molecular complexity index is 1940. The van der Waals surface area contributed by atoms with Crippen LogP contribution >= 0.6 is 0 Å². The van der Waals surface area contributed by atoms with Crippen LogP contribution in [0.4, 0.5) is 44.3 Å². The smallest absolute Gasteiger partial charge is 0.433 e. The molecule has 264 valence electrons. The number of amides is 1. The maximum atomic E-state index is 13.9. The van der Waals surface area contributed by atoms with E-state index in [2.05, 4.69) is 9.97 Å². The first-order valence-electron chi connectivity index (χ1n) is 14.4. The van der Waals surface area contributed by atoms with Gasteiger partial charge < -0.3 is 14.6 Å².